The molecule has 2 rings (SSSR count). The summed E-state index contributed by atoms with van der Waals surface area (Å²) in [5.41, 5.74) is 2.82. The van der Waals surface area contributed by atoms with Crippen LogP contribution in [-0.2, 0) is 10.0 Å². The van der Waals surface area contributed by atoms with Crippen molar-refractivity contribution in [2.75, 3.05) is 6.54 Å². The van der Waals surface area contributed by atoms with Crippen molar-refractivity contribution in [3.63, 3.8) is 0 Å². The first-order valence-corrected chi connectivity index (χ1v) is 7.91. The average molecular weight is 267 g/mol. The highest BCUT2D eigenvalue weighted by molar-refractivity contribution is 7.89. The number of sulfonamides is 1. The molecule has 0 unspecified atom stereocenters. The molecule has 1 aromatic carbocycles. The van der Waals surface area contributed by atoms with Crippen LogP contribution in [0.4, 0.5) is 0 Å². The molecule has 18 heavy (non-hydrogen) atoms. The van der Waals surface area contributed by atoms with Gasteiger partial charge in [-0.3, -0.25) is 0 Å². The third-order valence-electron chi connectivity index (χ3n) is 3.44. The van der Waals surface area contributed by atoms with Gasteiger partial charge in [0.05, 0.1) is 4.90 Å². The monoisotopic (exact) mass is 267 g/mol. The summed E-state index contributed by atoms with van der Waals surface area (Å²) in [6, 6.07) is 4.11. The standard InChI is InChI=1S/C14H21NO2S/c1-5-15(13-6-7-13)18(16,17)14-11(3)8-10(2)9-12(14)4/h8-9,13H,5-7H2,1-4H3. The summed E-state index contributed by atoms with van der Waals surface area (Å²) >= 11 is 0. The van der Waals surface area contributed by atoms with E-state index in [1.54, 1.807) is 4.31 Å². The van der Waals surface area contributed by atoms with E-state index in [1.165, 1.54) is 0 Å². The van der Waals surface area contributed by atoms with Gasteiger partial charge in [-0.15, -0.1) is 0 Å². The molecule has 1 aliphatic rings. The van der Waals surface area contributed by atoms with Crippen LogP contribution in [0.15, 0.2) is 17.0 Å². The lowest BCUT2D eigenvalue weighted by Crippen LogP contribution is -2.33. The van der Waals surface area contributed by atoms with Crippen molar-refractivity contribution in [2.24, 2.45) is 0 Å². The Morgan fingerprint density at radius 3 is 2.06 bits per heavy atom. The molecule has 3 nitrogen and oxygen atoms in total. The Hall–Kier alpha value is -0.870. The Bertz CT molecular complexity index is 536. The topological polar surface area (TPSA) is 37.4 Å². The van der Waals surface area contributed by atoms with Crippen molar-refractivity contribution in [1.82, 2.24) is 4.31 Å². The summed E-state index contributed by atoms with van der Waals surface area (Å²) in [5.74, 6) is 0. The highest BCUT2D eigenvalue weighted by Crippen LogP contribution is 2.34. The average Bonchev–Trinajstić information content (AvgIpc) is 2.99. The molecule has 100 valence electrons. The van der Waals surface area contributed by atoms with Crippen LogP contribution in [0.25, 0.3) is 0 Å². The van der Waals surface area contributed by atoms with Gasteiger partial charge in [-0.05, 0) is 44.7 Å². The third-order valence-corrected chi connectivity index (χ3v) is 5.77. The van der Waals surface area contributed by atoms with Gasteiger partial charge < -0.3 is 0 Å². The van der Waals surface area contributed by atoms with E-state index in [0.717, 1.165) is 29.5 Å². The number of hydrogen-bond acceptors (Lipinski definition) is 2. The predicted molar refractivity (Wildman–Crippen MR) is 73.2 cm³/mol. The Morgan fingerprint density at radius 2 is 1.67 bits per heavy atom. The Balaban J connectivity index is 2.53. The molecule has 0 atom stereocenters. The number of rotatable bonds is 4. The number of aryl methyl sites for hydroxylation is 3. The smallest absolute Gasteiger partial charge is 0.207 e. The molecule has 0 aromatic heterocycles. The van der Waals surface area contributed by atoms with Gasteiger partial charge in [0, 0.05) is 12.6 Å². The quantitative estimate of drug-likeness (QED) is 0.841. The number of nitrogens with zero attached hydrogens (tertiary/aromatic N) is 1. The number of benzene rings is 1. The van der Waals surface area contributed by atoms with E-state index in [-0.39, 0.29) is 6.04 Å². The summed E-state index contributed by atoms with van der Waals surface area (Å²) in [6.07, 6.45) is 1.99. The molecule has 0 spiro atoms. The van der Waals surface area contributed by atoms with Crippen LogP contribution in [0.3, 0.4) is 0 Å². The van der Waals surface area contributed by atoms with E-state index in [2.05, 4.69) is 0 Å². The predicted octanol–water partition coefficient (Wildman–Crippen LogP) is 2.78. The molecule has 0 N–H and O–H groups in total. The minimum atomic E-state index is -3.33. The Kier molecular flexibility index (Phi) is 3.52. The zero-order chi connectivity index (χ0) is 13.5. The lowest BCUT2D eigenvalue weighted by Gasteiger charge is -2.22. The van der Waals surface area contributed by atoms with Crippen molar-refractivity contribution >= 4 is 10.0 Å². The maximum Gasteiger partial charge on any atom is 0.243 e. The summed E-state index contributed by atoms with van der Waals surface area (Å²) in [6.45, 7) is 8.23. The van der Waals surface area contributed by atoms with Gasteiger partial charge in [0.2, 0.25) is 10.0 Å². The maximum absolute atomic E-state index is 12.7. The van der Waals surface area contributed by atoms with Crippen LogP contribution in [0, 0.1) is 20.8 Å². The van der Waals surface area contributed by atoms with E-state index in [9.17, 15) is 8.42 Å². The van der Waals surface area contributed by atoms with Crippen molar-refractivity contribution in [3.8, 4) is 0 Å². The second-order valence-corrected chi connectivity index (χ2v) is 6.99. The zero-order valence-electron chi connectivity index (χ0n) is 11.5. The molecule has 4 heteroatoms. The summed E-state index contributed by atoms with van der Waals surface area (Å²) in [7, 11) is -3.33. The van der Waals surface area contributed by atoms with Crippen LogP contribution < -0.4 is 0 Å². The molecular weight excluding hydrogens is 246 g/mol. The summed E-state index contributed by atoms with van der Waals surface area (Å²) in [4.78, 5) is 0.502. The van der Waals surface area contributed by atoms with Gasteiger partial charge in [-0.2, -0.15) is 4.31 Å². The highest BCUT2D eigenvalue weighted by Gasteiger charge is 2.38. The van der Waals surface area contributed by atoms with Crippen LogP contribution in [0.5, 0.6) is 0 Å². The van der Waals surface area contributed by atoms with E-state index < -0.39 is 10.0 Å². The van der Waals surface area contributed by atoms with Crippen molar-refractivity contribution < 1.29 is 8.42 Å². The van der Waals surface area contributed by atoms with E-state index in [1.807, 2.05) is 39.8 Å². The first-order valence-electron chi connectivity index (χ1n) is 6.47. The molecule has 1 aromatic rings. The lowest BCUT2D eigenvalue weighted by atomic mass is 10.1. The summed E-state index contributed by atoms with van der Waals surface area (Å²) < 4.78 is 27.1. The van der Waals surface area contributed by atoms with Crippen molar-refractivity contribution in [3.05, 3.63) is 28.8 Å². The second kappa shape index (κ2) is 4.67. The first-order chi connectivity index (χ1) is 8.37. The molecule has 1 aliphatic carbocycles. The van der Waals surface area contributed by atoms with Gasteiger partial charge in [-0.1, -0.05) is 24.6 Å². The third kappa shape index (κ3) is 2.31. The molecule has 0 radical (unpaired) electrons. The van der Waals surface area contributed by atoms with Crippen molar-refractivity contribution in [1.29, 1.82) is 0 Å². The van der Waals surface area contributed by atoms with Gasteiger partial charge in [0.25, 0.3) is 0 Å². The molecule has 0 amide bonds. The van der Waals surface area contributed by atoms with Crippen LogP contribution in [-0.4, -0.2) is 25.3 Å². The fraction of sp³-hybridized carbons (Fsp3) is 0.571. The van der Waals surface area contributed by atoms with Gasteiger partial charge >= 0.3 is 0 Å². The Labute approximate surface area is 110 Å². The molecule has 0 bridgehead atoms. The normalized spacial score (nSPS) is 16.3. The highest BCUT2D eigenvalue weighted by atomic mass is 32.2. The van der Waals surface area contributed by atoms with Gasteiger partial charge in [-0.25, -0.2) is 8.42 Å². The molecule has 0 aliphatic heterocycles. The fourth-order valence-electron chi connectivity index (χ4n) is 2.68. The molecule has 0 heterocycles. The van der Waals surface area contributed by atoms with Crippen molar-refractivity contribution in [2.45, 2.75) is 51.5 Å². The van der Waals surface area contributed by atoms with E-state index >= 15 is 0 Å². The fourth-order valence-corrected chi connectivity index (χ4v) is 4.79. The number of hydrogen-bond donors (Lipinski definition) is 0. The van der Waals surface area contributed by atoms with Gasteiger partial charge in [0.1, 0.15) is 0 Å². The summed E-state index contributed by atoms with van der Waals surface area (Å²) in [5, 5.41) is 0. The maximum atomic E-state index is 12.7. The molecular formula is C14H21NO2S. The first kappa shape index (κ1) is 13.6. The molecule has 1 saturated carbocycles. The SMILES string of the molecule is CCN(C1CC1)S(=O)(=O)c1c(C)cc(C)cc1C. The zero-order valence-corrected chi connectivity index (χ0v) is 12.3. The van der Waals surface area contributed by atoms with E-state index in [4.69, 9.17) is 0 Å². The molecule has 0 saturated heterocycles. The van der Waals surface area contributed by atoms with E-state index in [0.29, 0.717) is 11.4 Å². The minimum absolute atomic E-state index is 0.222. The van der Waals surface area contributed by atoms with Crippen LogP contribution >= 0.6 is 0 Å². The van der Waals surface area contributed by atoms with Crippen LogP contribution in [0.1, 0.15) is 36.5 Å². The second-order valence-electron chi connectivity index (χ2n) is 5.17. The lowest BCUT2D eigenvalue weighted by molar-refractivity contribution is 0.420. The van der Waals surface area contributed by atoms with Crippen LogP contribution in [0.2, 0.25) is 0 Å². The minimum Gasteiger partial charge on any atom is -0.207 e. The Morgan fingerprint density at radius 1 is 1.17 bits per heavy atom. The van der Waals surface area contributed by atoms with Gasteiger partial charge in [0.15, 0.2) is 0 Å². The largest absolute Gasteiger partial charge is 0.243 e. The molecule has 1 fully saturated rings.